The third kappa shape index (κ3) is 4.19. The number of para-hydroxylation sites is 2. The normalized spacial score (nSPS) is 15.2. The highest BCUT2D eigenvalue weighted by Gasteiger charge is 2.09. The van der Waals surface area contributed by atoms with E-state index in [1.807, 2.05) is 24.3 Å². The molecule has 0 unspecified atom stereocenters. The molecule has 1 heterocycles. The smallest absolute Gasteiger partial charge is 0.161 e. The highest BCUT2D eigenvalue weighted by atomic mass is 16.5. The third-order valence-corrected chi connectivity index (χ3v) is 3.56. The molecule has 0 saturated carbocycles. The quantitative estimate of drug-likeness (QED) is 0.750. The minimum absolute atomic E-state index is 0.474. The lowest BCUT2D eigenvalue weighted by molar-refractivity contribution is 0.112. The van der Waals surface area contributed by atoms with Gasteiger partial charge in [0, 0.05) is 18.4 Å². The fourth-order valence-electron chi connectivity index (χ4n) is 2.37. The van der Waals surface area contributed by atoms with Crippen LogP contribution in [0, 0.1) is 0 Å². The summed E-state index contributed by atoms with van der Waals surface area (Å²) >= 11 is 0. The summed E-state index contributed by atoms with van der Waals surface area (Å²) in [7, 11) is 0. The summed E-state index contributed by atoms with van der Waals surface area (Å²) in [5, 5.41) is 0. The average molecular weight is 328 g/mol. The van der Waals surface area contributed by atoms with Gasteiger partial charge in [0.05, 0.1) is 26.4 Å². The van der Waals surface area contributed by atoms with E-state index in [1.54, 1.807) is 18.2 Å². The van der Waals surface area contributed by atoms with Gasteiger partial charge in [-0.2, -0.15) is 0 Å². The number of carbonyl (C=O) groups is 1. The van der Waals surface area contributed by atoms with Crippen molar-refractivity contribution in [1.82, 2.24) is 0 Å². The number of hydrogen-bond donors (Lipinski definition) is 0. The topological polar surface area (TPSA) is 54.0 Å². The molecule has 0 amide bonds. The lowest BCUT2D eigenvalue weighted by Gasteiger charge is -2.16. The maximum atomic E-state index is 10.9. The number of ether oxygens (including phenoxy) is 4. The molecule has 2 aromatic rings. The number of fused-ring (bicyclic) bond motifs is 2. The van der Waals surface area contributed by atoms with Crippen molar-refractivity contribution in [3.8, 4) is 23.0 Å². The average Bonchev–Trinajstić information content (AvgIpc) is 2.62. The van der Waals surface area contributed by atoms with Crippen LogP contribution in [0.2, 0.25) is 0 Å². The molecule has 1 aliphatic heterocycles. The van der Waals surface area contributed by atoms with Crippen molar-refractivity contribution in [2.75, 3.05) is 26.4 Å². The first-order valence-corrected chi connectivity index (χ1v) is 8.06. The van der Waals surface area contributed by atoms with E-state index < -0.39 is 0 Å². The van der Waals surface area contributed by atoms with Crippen LogP contribution in [0.25, 0.3) is 0 Å². The van der Waals surface area contributed by atoms with E-state index in [0.29, 0.717) is 49.9 Å². The van der Waals surface area contributed by atoms with E-state index in [-0.39, 0.29) is 0 Å². The summed E-state index contributed by atoms with van der Waals surface area (Å²) in [5.74, 6) is 2.70. The van der Waals surface area contributed by atoms with Crippen molar-refractivity contribution >= 4 is 6.29 Å². The molecule has 0 atom stereocenters. The van der Waals surface area contributed by atoms with E-state index in [1.165, 1.54) is 0 Å². The SMILES string of the molecule is O=Cc1ccc2c(c1)OCCCOc1ccccc1OCCCO2. The van der Waals surface area contributed by atoms with Crippen molar-refractivity contribution < 1.29 is 23.7 Å². The van der Waals surface area contributed by atoms with Gasteiger partial charge in [-0.05, 0) is 30.3 Å². The Balaban J connectivity index is 1.70. The van der Waals surface area contributed by atoms with Gasteiger partial charge in [0.2, 0.25) is 0 Å². The Kier molecular flexibility index (Phi) is 5.56. The number of carbonyl (C=O) groups excluding carboxylic acids is 1. The minimum atomic E-state index is 0.474. The molecule has 1 aliphatic rings. The molecule has 0 bridgehead atoms. The fourth-order valence-corrected chi connectivity index (χ4v) is 2.37. The number of rotatable bonds is 1. The van der Waals surface area contributed by atoms with Gasteiger partial charge >= 0.3 is 0 Å². The second kappa shape index (κ2) is 8.24. The molecule has 2 aromatic carbocycles. The van der Waals surface area contributed by atoms with Crippen molar-refractivity contribution in [1.29, 1.82) is 0 Å². The lowest BCUT2D eigenvalue weighted by Crippen LogP contribution is -2.10. The Labute approximate surface area is 141 Å². The zero-order chi connectivity index (χ0) is 16.6. The Bertz CT molecular complexity index is 683. The molecule has 126 valence electrons. The molecule has 0 spiro atoms. The number of benzene rings is 2. The second-order valence-corrected chi connectivity index (χ2v) is 5.37. The van der Waals surface area contributed by atoms with Crippen molar-refractivity contribution in [2.24, 2.45) is 0 Å². The van der Waals surface area contributed by atoms with Gasteiger partial charge in [-0.3, -0.25) is 4.79 Å². The molecule has 0 saturated heterocycles. The van der Waals surface area contributed by atoms with Crippen LogP contribution >= 0.6 is 0 Å². The summed E-state index contributed by atoms with van der Waals surface area (Å²) in [6.07, 6.45) is 2.23. The van der Waals surface area contributed by atoms with Crippen LogP contribution in [0.5, 0.6) is 23.0 Å². The summed E-state index contributed by atoms with van der Waals surface area (Å²) in [6, 6.07) is 12.8. The van der Waals surface area contributed by atoms with E-state index in [0.717, 1.165) is 24.2 Å². The molecule has 24 heavy (non-hydrogen) atoms. The van der Waals surface area contributed by atoms with E-state index in [2.05, 4.69) is 0 Å². The summed E-state index contributed by atoms with van der Waals surface area (Å²) in [6.45, 7) is 2.02. The van der Waals surface area contributed by atoms with Gasteiger partial charge in [0.15, 0.2) is 23.0 Å². The Hall–Kier alpha value is -2.69. The molecule has 5 nitrogen and oxygen atoms in total. The third-order valence-electron chi connectivity index (χ3n) is 3.56. The van der Waals surface area contributed by atoms with Gasteiger partial charge in [-0.25, -0.2) is 0 Å². The van der Waals surface area contributed by atoms with Crippen LogP contribution < -0.4 is 18.9 Å². The number of aldehydes is 1. The molecule has 0 N–H and O–H groups in total. The van der Waals surface area contributed by atoms with Crippen LogP contribution in [-0.4, -0.2) is 32.7 Å². The Morgan fingerprint density at radius 1 is 0.667 bits per heavy atom. The van der Waals surface area contributed by atoms with Crippen LogP contribution in [0.4, 0.5) is 0 Å². The first-order valence-electron chi connectivity index (χ1n) is 8.06. The van der Waals surface area contributed by atoms with Crippen LogP contribution in [0.1, 0.15) is 23.2 Å². The summed E-state index contributed by atoms with van der Waals surface area (Å²) in [4.78, 5) is 10.9. The Morgan fingerprint density at radius 2 is 1.17 bits per heavy atom. The Morgan fingerprint density at radius 3 is 1.71 bits per heavy atom. The predicted molar refractivity (Wildman–Crippen MR) is 89.5 cm³/mol. The van der Waals surface area contributed by atoms with Crippen LogP contribution in [0.15, 0.2) is 42.5 Å². The predicted octanol–water partition coefficient (Wildman–Crippen LogP) is 3.51. The van der Waals surface area contributed by atoms with Gasteiger partial charge < -0.3 is 18.9 Å². The van der Waals surface area contributed by atoms with Crippen molar-refractivity contribution in [3.05, 3.63) is 48.0 Å². The van der Waals surface area contributed by atoms with E-state index in [4.69, 9.17) is 18.9 Å². The molecular formula is C19H20O5. The van der Waals surface area contributed by atoms with Crippen molar-refractivity contribution in [2.45, 2.75) is 12.8 Å². The first-order chi connectivity index (χ1) is 11.9. The van der Waals surface area contributed by atoms with Gasteiger partial charge in [-0.15, -0.1) is 0 Å². The van der Waals surface area contributed by atoms with E-state index >= 15 is 0 Å². The molecular weight excluding hydrogens is 308 g/mol. The lowest BCUT2D eigenvalue weighted by atomic mass is 10.2. The van der Waals surface area contributed by atoms with Crippen LogP contribution in [0.3, 0.4) is 0 Å². The van der Waals surface area contributed by atoms with Gasteiger partial charge in [0.1, 0.15) is 6.29 Å². The van der Waals surface area contributed by atoms with Gasteiger partial charge in [0.25, 0.3) is 0 Å². The molecule has 0 fully saturated rings. The zero-order valence-corrected chi connectivity index (χ0v) is 13.4. The zero-order valence-electron chi connectivity index (χ0n) is 13.4. The van der Waals surface area contributed by atoms with Gasteiger partial charge in [-0.1, -0.05) is 12.1 Å². The second-order valence-electron chi connectivity index (χ2n) is 5.37. The highest BCUT2D eigenvalue weighted by Crippen LogP contribution is 2.29. The molecule has 0 aromatic heterocycles. The summed E-state index contributed by atoms with van der Waals surface area (Å²) < 4.78 is 23.1. The first kappa shape index (κ1) is 16.2. The molecule has 5 heteroatoms. The fraction of sp³-hybridized carbons (Fsp3) is 0.316. The standard InChI is InChI=1S/C19H20O5/c20-14-15-7-8-18-19(13-15)24-12-4-10-22-17-6-2-1-5-16(17)21-9-3-11-23-18/h1-2,5-8,13-14H,3-4,9-12H2. The maximum Gasteiger partial charge on any atom is 0.161 e. The van der Waals surface area contributed by atoms with Crippen molar-refractivity contribution in [3.63, 3.8) is 0 Å². The molecule has 3 rings (SSSR count). The van der Waals surface area contributed by atoms with Crippen LogP contribution in [-0.2, 0) is 0 Å². The molecule has 0 radical (unpaired) electrons. The van der Waals surface area contributed by atoms with E-state index in [9.17, 15) is 4.79 Å². The minimum Gasteiger partial charge on any atom is -0.490 e. The number of hydrogen-bond acceptors (Lipinski definition) is 5. The summed E-state index contributed by atoms with van der Waals surface area (Å²) in [5.41, 5.74) is 0.562. The highest BCUT2D eigenvalue weighted by molar-refractivity contribution is 5.76. The largest absolute Gasteiger partial charge is 0.490 e. The maximum absolute atomic E-state index is 10.9. The molecule has 0 aliphatic carbocycles. The monoisotopic (exact) mass is 328 g/mol.